The minimum atomic E-state index is -4.61. The third-order valence-electron chi connectivity index (χ3n) is 4.06. The summed E-state index contributed by atoms with van der Waals surface area (Å²) < 4.78 is 66.9. The SMILES string of the molecule is O=S(=O)(NCCCn1nc(C(F)(F)F)c(Cl)c1C1CC1)c1ccccc1. The standard InChI is InChI=1S/C16H17ClF3N3O2S/c17-13-14(11-7-8-11)23(22-15(13)16(18,19)20)10-4-9-21-26(24,25)12-5-2-1-3-6-12/h1-3,5-6,11,21H,4,7-10H2. The molecule has 0 unspecified atom stereocenters. The molecular formula is C16H17ClF3N3O2S. The van der Waals surface area contributed by atoms with Crippen molar-refractivity contribution in [2.45, 2.75) is 42.8 Å². The van der Waals surface area contributed by atoms with Gasteiger partial charge in [0.2, 0.25) is 10.0 Å². The van der Waals surface area contributed by atoms with Crippen molar-refractivity contribution in [1.29, 1.82) is 0 Å². The molecule has 0 atom stereocenters. The lowest BCUT2D eigenvalue weighted by atomic mass is 10.2. The first-order valence-electron chi connectivity index (χ1n) is 8.08. The maximum absolute atomic E-state index is 13.0. The molecule has 1 saturated carbocycles. The molecule has 1 aliphatic rings. The largest absolute Gasteiger partial charge is 0.436 e. The third-order valence-corrected chi connectivity index (χ3v) is 5.91. The van der Waals surface area contributed by atoms with Gasteiger partial charge in [0, 0.05) is 19.0 Å². The highest BCUT2D eigenvalue weighted by molar-refractivity contribution is 7.89. The van der Waals surface area contributed by atoms with Crippen LogP contribution in [0.5, 0.6) is 0 Å². The van der Waals surface area contributed by atoms with Crippen LogP contribution in [0.2, 0.25) is 5.02 Å². The average Bonchev–Trinajstić information content (AvgIpc) is 3.35. The van der Waals surface area contributed by atoms with E-state index in [1.807, 2.05) is 0 Å². The molecule has 0 saturated heterocycles. The minimum absolute atomic E-state index is 0.00731. The van der Waals surface area contributed by atoms with Crippen molar-refractivity contribution in [2.75, 3.05) is 6.54 Å². The number of alkyl halides is 3. The van der Waals surface area contributed by atoms with Crippen LogP contribution in [0.25, 0.3) is 0 Å². The summed E-state index contributed by atoms with van der Waals surface area (Å²) in [5, 5.41) is 3.27. The van der Waals surface area contributed by atoms with Crippen LogP contribution in [0, 0.1) is 0 Å². The fourth-order valence-electron chi connectivity index (χ4n) is 2.67. The first-order valence-corrected chi connectivity index (χ1v) is 9.94. The zero-order valence-corrected chi connectivity index (χ0v) is 15.2. The number of hydrogen-bond acceptors (Lipinski definition) is 3. The lowest BCUT2D eigenvalue weighted by Gasteiger charge is -2.09. The van der Waals surface area contributed by atoms with Crippen LogP contribution in [0.15, 0.2) is 35.2 Å². The van der Waals surface area contributed by atoms with Crippen LogP contribution in [0.1, 0.15) is 36.6 Å². The molecular weight excluding hydrogens is 391 g/mol. The van der Waals surface area contributed by atoms with E-state index >= 15 is 0 Å². The fraction of sp³-hybridized carbons (Fsp3) is 0.438. The maximum atomic E-state index is 13.0. The second-order valence-corrected chi connectivity index (χ2v) is 8.25. The predicted molar refractivity (Wildman–Crippen MR) is 90.5 cm³/mol. The van der Waals surface area contributed by atoms with Crippen molar-refractivity contribution >= 4 is 21.6 Å². The molecule has 142 valence electrons. The Morgan fingerprint density at radius 3 is 2.46 bits per heavy atom. The number of rotatable bonds is 7. The Morgan fingerprint density at radius 2 is 1.88 bits per heavy atom. The summed E-state index contributed by atoms with van der Waals surface area (Å²) in [7, 11) is -3.64. The molecule has 0 aliphatic heterocycles. The Labute approximate surface area is 154 Å². The van der Waals surface area contributed by atoms with Gasteiger partial charge in [-0.3, -0.25) is 4.68 Å². The second-order valence-electron chi connectivity index (χ2n) is 6.11. The van der Waals surface area contributed by atoms with Gasteiger partial charge in [0.25, 0.3) is 0 Å². The molecule has 3 rings (SSSR count). The van der Waals surface area contributed by atoms with E-state index in [1.165, 1.54) is 16.8 Å². The Kier molecular flexibility index (Phi) is 5.32. The van der Waals surface area contributed by atoms with E-state index in [4.69, 9.17) is 11.6 Å². The number of halogens is 4. The van der Waals surface area contributed by atoms with Crippen molar-refractivity contribution in [3.05, 3.63) is 46.7 Å². The predicted octanol–water partition coefficient (Wildman–Crippen LogP) is 3.80. The first kappa shape index (κ1) is 19.2. The summed E-state index contributed by atoms with van der Waals surface area (Å²) in [6, 6.07) is 7.87. The van der Waals surface area contributed by atoms with Gasteiger partial charge >= 0.3 is 6.18 Å². The molecule has 1 aliphatic carbocycles. The highest BCUT2D eigenvalue weighted by Crippen LogP contribution is 2.46. The topological polar surface area (TPSA) is 64.0 Å². The number of aromatic nitrogens is 2. The smallest absolute Gasteiger partial charge is 0.267 e. The van der Waals surface area contributed by atoms with E-state index in [-0.39, 0.29) is 28.9 Å². The molecule has 0 spiro atoms. The van der Waals surface area contributed by atoms with E-state index in [1.54, 1.807) is 18.2 Å². The number of benzene rings is 1. The van der Waals surface area contributed by atoms with Gasteiger partial charge in [0.15, 0.2) is 5.69 Å². The number of hydrogen-bond donors (Lipinski definition) is 1. The Hall–Kier alpha value is -1.58. The Morgan fingerprint density at radius 1 is 1.23 bits per heavy atom. The summed E-state index contributed by atoms with van der Waals surface area (Å²) in [5.41, 5.74) is -0.684. The van der Waals surface area contributed by atoms with Gasteiger partial charge < -0.3 is 0 Å². The summed E-state index contributed by atoms with van der Waals surface area (Å²) in [5.74, 6) is -0.00731. The van der Waals surface area contributed by atoms with Gasteiger partial charge in [0.05, 0.1) is 15.6 Å². The second kappa shape index (κ2) is 7.21. The fourth-order valence-corrected chi connectivity index (χ4v) is 4.16. The van der Waals surface area contributed by atoms with Crippen molar-refractivity contribution in [3.63, 3.8) is 0 Å². The first-order chi connectivity index (χ1) is 12.2. The van der Waals surface area contributed by atoms with Crippen molar-refractivity contribution in [3.8, 4) is 0 Å². The van der Waals surface area contributed by atoms with Gasteiger partial charge in [0.1, 0.15) is 0 Å². The molecule has 5 nitrogen and oxygen atoms in total. The van der Waals surface area contributed by atoms with Crippen LogP contribution in [0.4, 0.5) is 13.2 Å². The Balaban J connectivity index is 1.65. The van der Waals surface area contributed by atoms with Gasteiger partial charge in [-0.15, -0.1) is 0 Å². The summed E-state index contributed by atoms with van der Waals surface area (Å²) in [6.45, 7) is 0.235. The summed E-state index contributed by atoms with van der Waals surface area (Å²) in [4.78, 5) is 0.139. The van der Waals surface area contributed by atoms with Gasteiger partial charge in [-0.25, -0.2) is 13.1 Å². The molecule has 2 aromatic rings. The monoisotopic (exact) mass is 407 g/mol. The minimum Gasteiger partial charge on any atom is -0.267 e. The van der Waals surface area contributed by atoms with E-state index in [2.05, 4.69) is 9.82 Å². The third kappa shape index (κ3) is 4.21. The molecule has 1 aromatic heterocycles. The van der Waals surface area contributed by atoms with E-state index in [0.717, 1.165) is 12.8 Å². The summed E-state index contributed by atoms with van der Waals surface area (Å²) in [6.07, 6.45) is -2.76. The average molecular weight is 408 g/mol. The highest BCUT2D eigenvalue weighted by Gasteiger charge is 2.41. The van der Waals surface area contributed by atoms with Crippen LogP contribution < -0.4 is 4.72 Å². The molecule has 0 radical (unpaired) electrons. The maximum Gasteiger partial charge on any atom is 0.436 e. The molecule has 26 heavy (non-hydrogen) atoms. The lowest BCUT2D eigenvalue weighted by Crippen LogP contribution is -2.25. The number of aryl methyl sites for hydroxylation is 1. The van der Waals surface area contributed by atoms with Crippen molar-refractivity contribution in [1.82, 2.24) is 14.5 Å². The van der Waals surface area contributed by atoms with Gasteiger partial charge in [-0.2, -0.15) is 18.3 Å². The van der Waals surface area contributed by atoms with Crippen molar-refractivity contribution < 1.29 is 21.6 Å². The lowest BCUT2D eigenvalue weighted by molar-refractivity contribution is -0.141. The number of nitrogens with zero attached hydrogens (tertiary/aromatic N) is 2. The normalized spacial score (nSPS) is 15.4. The van der Waals surface area contributed by atoms with Crippen LogP contribution >= 0.6 is 11.6 Å². The van der Waals surface area contributed by atoms with Crippen LogP contribution in [-0.2, 0) is 22.7 Å². The van der Waals surface area contributed by atoms with E-state index in [9.17, 15) is 21.6 Å². The van der Waals surface area contributed by atoms with Gasteiger partial charge in [-0.05, 0) is 31.4 Å². The molecule has 1 aromatic carbocycles. The van der Waals surface area contributed by atoms with Gasteiger partial charge in [-0.1, -0.05) is 29.8 Å². The quantitative estimate of drug-likeness (QED) is 0.710. The summed E-state index contributed by atoms with van der Waals surface area (Å²) >= 11 is 5.90. The number of nitrogens with one attached hydrogen (secondary N) is 1. The van der Waals surface area contributed by atoms with E-state index in [0.29, 0.717) is 12.1 Å². The number of sulfonamides is 1. The zero-order valence-electron chi connectivity index (χ0n) is 13.6. The Bertz CT molecular complexity index is 878. The molecule has 1 N–H and O–H groups in total. The van der Waals surface area contributed by atoms with E-state index < -0.39 is 21.9 Å². The highest BCUT2D eigenvalue weighted by atomic mass is 35.5. The molecule has 0 amide bonds. The van der Waals surface area contributed by atoms with Crippen molar-refractivity contribution in [2.24, 2.45) is 0 Å². The molecule has 0 bridgehead atoms. The van der Waals surface area contributed by atoms with Crippen LogP contribution in [0.3, 0.4) is 0 Å². The zero-order chi connectivity index (χ0) is 18.9. The molecule has 1 fully saturated rings. The molecule has 10 heteroatoms. The van der Waals surface area contributed by atoms with Crippen LogP contribution in [-0.4, -0.2) is 24.7 Å². The molecule has 1 heterocycles.